The van der Waals surface area contributed by atoms with E-state index in [2.05, 4.69) is 59.4 Å². The molecule has 0 radical (unpaired) electrons. The van der Waals surface area contributed by atoms with Crippen molar-refractivity contribution in [2.24, 2.45) is 5.92 Å². The largest absolute Gasteiger partial charge is 0.456 e. The Morgan fingerprint density at radius 3 is 2.23 bits per heavy atom. The first-order chi connectivity index (χ1) is 14.2. The number of hydrogen-bond donors (Lipinski definition) is 0. The van der Waals surface area contributed by atoms with Crippen LogP contribution in [0.4, 0.5) is 0 Å². The van der Waals surface area contributed by atoms with Crippen LogP contribution in [0.15, 0.2) is 12.2 Å². The minimum absolute atomic E-state index is 0.196. The normalized spacial score (nSPS) is 14.4. The Labute approximate surface area is 199 Å². The monoisotopic (exact) mass is 504 g/mol. The summed E-state index contributed by atoms with van der Waals surface area (Å²) in [5.74, 6) is 0.692. The number of ether oxygens (including phenoxy) is 1. The molecule has 0 aliphatic carbocycles. The lowest BCUT2D eigenvalue weighted by atomic mass is 10.0. The van der Waals surface area contributed by atoms with Gasteiger partial charge in [0.2, 0.25) is 0 Å². The van der Waals surface area contributed by atoms with Gasteiger partial charge in [0.1, 0.15) is 0 Å². The van der Waals surface area contributed by atoms with Crippen molar-refractivity contribution in [2.45, 2.75) is 103 Å². The van der Waals surface area contributed by atoms with Gasteiger partial charge in [-0.1, -0.05) is 45.5 Å². The Hall–Kier alpha value is 0.411. The molecule has 184 valence electrons. The maximum atomic E-state index is 11.8. The van der Waals surface area contributed by atoms with Crippen LogP contribution in [-0.2, 0) is 13.6 Å². The fraction of sp³-hybridized carbons (Fsp3) is 0.875. The predicted octanol–water partition coefficient (Wildman–Crippen LogP) is 7.72. The Morgan fingerprint density at radius 2 is 1.68 bits per heavy atom. The van der Waals surface area contributed by atoms with Crippen LogP contribution in [0.1, 0.15) is 46.0 Å². The number of hydrogen-bond acceptors (Lipinski definition) is 3. The van der Waals surface area contributed by atoms with Crippen LogP contribution in [0.25, 0.3) is 0 Å². The third-order valence-electron chi connectivity index (χ3n) is 5.83. The zero-order valence-electron chi connectivity index (χ0n) is 22.3. The molecule has 0 saturated carbocycles. The summed E-state index contributed by atoms with van der Waals surface area (Å²) in [7, 11) is -3.50. The smallest absolute Gasteiger partial charge is 0.173 e. The Bertz CT molecular complexity index is 536. The van der Waals surface area contributed by atoms with Gasteiger partial charge in [0.15, 0.2) is 22.4 Å². The molecule has 2 atom stereocenters. The van der Waals surface area contributed by atoms with E-state index in [1.54, 1.807) is 0 Å². The standard InChI is InChI=1S/C24H53O3PSi3/c1-11-12-17-29(5,6)21-31(9,10)27-30(7,8)18-13-16-26-19-23(20-28-4)14-15-24(25)22(2)3/h23,28H,2,11-21H2,1,3-10H3. The SMILES string of the molecule is C=C(C)C(=O)CCC(COCCC[Si](C)(C)O[Si](C)(C)C[Si](C)(C)CCCC)CPC. The molecular formula is C24H53O3PSi3. The topological polar surface area (TPSA) is 35.5 Å². The van der Waals surface area contributed by atoms with Crippen LogP contribution in [0.2, 0.25) is 57.0 Å². The molecular weight excluding hydrogens is 451 g/mol. The highest BCUT2D eigenvalue weighted by molar-refractivity contribution is 7.37. The number of Topliss-reactive ketones (excluding diaryl/α,β-unsaturated/α-hetero) is 1. The number of carbonyl (C=O) groups excluding carboxylic acids is 1. The lowest BCUT2D eigenvalue weighted by Crippen LogP contribution is -2.49. The zero-order valence-corrected chi connectivity index (χ0v) is 26.3. The zero-order chi connectivity index (χ0) is 24.1. The molecule has 0 aromatic carbocycles. The molecule has 0 aliphatic heterocycles. The third kappa shape index (κ3) is 16.6. The summed E-state index contributed by atoms with van der Waals surface area (Å²) < 4.78 is 13.0. The third-order valence-corrected chi connectivity index (χ3v) is 21.7. The summed E-state index contributed by atoms with van der Waals surface area (Å²) in [6.07, 6.45) is 6.47. The molecule has 31 heavy (non-hydrogen) atoms. The first-order valence-electron chi connectivity index (χ1n) is 12.3. The van der Waals surface area contributed by atoms with Crippen LogP contribution in [0.5, 0.6) is 0 Å². The molecule has 0 aromatic rings. The van der Waals surface area contributed by atoms with Crippen molar-refractivity contribution in [2.75, 3.05) is 26.0 Å². The predicted molar refractivity (Wildman–Crippen MR) is 150 cm³/mol. The van der Waals surface area contributed by atoms with Crippen LogP contribution >= 0.6 is 8.58 Å². The van der Waals surface area contributed by atoms with Gasteiger partial charge in [-0.25, -0.2) is 0 Å². The van der Waals surface area contributed by atoms with Crippen molar-refractivity contribution >= 4 is 39.1 Å². The van der Waals surface area contributed by atoms with Crippen molar-refractivity contribution in [3.8, 4) is 0 Å². The van der Waals surface area contributed by atoms with E-state index in [1.165, 1.54) is 30.6 Å². The molecule has 0 spiro atoms. The second kappa shape index (κ2) is 15.3. The molecule has 0 amide bonds. The second-order valence-electron chi connectivity index (χ2n) is 11.4. The van der Waals surface area contributed by atoms with Crippen molar-refractivity contribution in [1.82, 2.24) is 0 Å². The molecule has 0 saturated heterocycles. The average Bonchev–Trinajstić information content (AvgIpc) is 2.61. The summed E-state index contributed by atoms with van der Waals surface area (Å²) in [6.45, 7) is 26.5. The Morgan fingerprint density at radius 1 is 1.03 bits per heavy atom. The molecule has 0 aromatic heterocycles. The van der Waals surface area contributed by atoms with Gasteiger partial charge in [-0.2, -0.15) is 0 Å². The van der Waals surface area contributed by atoms with Crippen LogP contribution in [0.3, 0.4) is 0 Å². The summed E-state index contributed by atoms with van der Waals surface area (Å²) >= 11 is 0. The number of ketones is 1. The van der Waals surface area contributed by atoms with Gasteiger partial charge < -0.3 is 8.85 Å². The quantitative estimate of drug-likeness (QED) is 0.0781. The van der Waals surface area contributed by atoms with Gasteiger partial charge in [-0.3, -0.25) is 4.79 Å². The summed E-state index contributed by atoms with van der Waals surface area (Å²) in [6, 6.07) is 2.62. The van der Waals surface area contributed by atoms with Crippen molar-refractivity contribution in [1.29, 1.82) is 0 Å². The summed E-state index contributed by atoms with van der Waals surface area (Å²) in [5.41, 5.74) is 2.06. The van der Waals surface area contributed by atoms with Gasteiger partial charge >= 0.3 is 0 Å². The van der Waals surface area contributed by atoms with Crippen LogP contribution in [0, 0.1) is 5.92 Å². The first kappa shape index (κ1) is 31.4. The van der Waals surface area contributed by atoms with E-state index in [1.807, 2.05) is 6.92 Å². The Balaban J connectivity index is 4.37. The molecule has 0 rings (SSSR count). The number of carbonyl (C=O) groups is 1. The van der Waals surface area contributed by atoms with Crippen molar-refractivity contribution in [3.05, 3.63) is 12.2 Å². The van der Waals surface area contributed by atoms with Gasteiger partial charge in [0, 0.05) is 27.7 Å². The maximum absolute atomic E-state index is 11.8. The molecule has 0 fully saturated rings. The second-order valence-corrected chi connectivity index (χ2v) is 27.1. The molecule has 0 N–H and O–H groups in total. The van der Waals surface area contributed by atoms with Gasteiger partial charge in [-0.15, -0.1) is 8.58 Å². The van der Waals surface area contributed by atoms with E-state index in [0.29, 0.717) is 17.9 Å². The van der Waals surface area contributed by atoms with E-state index in [9.17, 15) is 4.79 Å². The number of allylic oxidation sites excluding steroid dienone is 1. The van der Waals surface area contributed by atoms with Crippen molar-refractivity contribution in [3.63, 3.8) is 0 Å². The highest BCUT2D eigenvalue weighted by atomic mass is 31.1. The fourth-order valence-electron chi connectivity index (χ4n) is 4.66. The summed E-state index contributed by atoms with van der Waals surface area (Å²) in [4.78, 5) is 11.8. The minimum atomic E-state index is -1.65. The molecule has 0 aliphatic rings. The van der Waals surface area contributed by atoms with Gasteiger partial charge in [0.25, 0.3) is 0 Å². The molecule has 0 heterocycles. The summed E-state index contributed by atoms with van der Waals surface area (Å²) in [5, 5.41) is 0. The van der Waals surface area contributed by atoms with E-state index in [0.717, 1.165) is 40.8 Å². The van der Waals surface area contributed by atoms with E-state index >= 15 is 0 Å². The minimum Gasteiger partial charge on any atom is -0.456 e. The van der Waals surface area contributed by atoms with Gasteiger partial charge in [0.05, 0.1) is 0 Å². The van der Waals surface area contributed by atoms with E-state index < -0.39 is 24.7 Å². The van der Waals surface area contributed by atoms with Crippen molar-refractivity contribution < 1.29 is 13.6 Å². The number of unbranched alkanes of at least 4 members (excludes halogenated alkanes) is 1. The van der Waals surface area contributed by atoms with Gasteiger partial charge in [-0.05, 0) is 82.0 Å². The number of rotatable bonds is 19. The molecule has 7 heteroatoms. The average molecular weight is 505 g/mol. The fourth-order valence-corrected chi connectivity index (χ4v) is 25.1. The van der Waals surface area contributed by atoms with E-state index in [-0.39, 0.29) is 5.78 Å². The first-order valence-corrected chi connectivity index (χ1v) is 23.7. The van der Waals surface area contributed by atoms with E-state index in [4.69, 9.17) is 8.85 Å². The van der Waals surface area contributed by atoms with Crippen LogP contribution in [-0.4, -0.2) is 56.5 Å². The molecule has 0 bridgehead atoms. The lowest BCUT2D eigenvalue weighted by molar-refractivity contribution is -0.115. The maximum Gasteiger partial charge on any atom is 0.173 e. The molecule has 3 nitrogen and oxygen atoms in total. The highest BCUT2D eigenvalue weighted by Gasteiger charge is 2.37. The van der Waals surface area contributed by atoms with Crippen LogP contribution < -0.4 is 0 Å². The molecule has 2 unspecified atom stereocenters. The highest BCUT2D eigenvalue weighted by Crippen LogP contribution is 2.29. The lowest BCUT2D eigenvalue weighted by Gasteiger charge is -2.38. The Kier molecular flexibility index (Phi) is 15.5.